The number of halogens is 3. The molecule has 1 aromatic carbocycles. The summed E-state index contributed by atoms with van der Waals surface area (Å²) >= 11 is 0. The van der Waals surface area contributed by atoms with Gasteiger partial charge in [-0.1, -0.05) is 23.4 Å². The Morgan fingerprint density at radius 3 is 2.48 bits per heavy atom. The van der Waals surface area contributed by atoms with Crippen LogP contribution in [0.15, 0.2) is 64.3 Å². The van der Waals surface area contributed by atoms with Crippen LogP contribution in [0.4, 0.5) is 13.2 Å². The first-order valence-corrected chi connectivity index (χ1v) is 8.90. The zero-order chi connectivity index (χ0) is 19.2. The molecule has 7 nitrogen and oxygen atoms in total. The fourth-order valence-corrected chi connectivity index (χ4v) is 3.81. The summed E-state index contributed by atoms with van der Waals surface area (Å²) in [5.74, 6) is -1.77. The molecule has 0 unspecified atom stereocenters. The maximum Gasteiger partial charge on any atom is 0.471 e. The van der Waals surface area contributed by atoms with E-state index in [-0.39, 0.29) is 21.9 Å². The Balaban J connectivity index is 1.78. The van der Waals surface area contributed by atoms with Crippen LogP contribution in [-0.4, -0.2) is 27.5 Å². The van der Waals surface area contributed by atoms with Gasteiger partial charge in [0.2, 0.25) is 5.82 Å². The van der Waals surface area contributed by atoms with Crippen LogP contribution in [0.3, 0.4) is 0 Å². The van der Waals surface area contributed by atoms with Crippen LogP contribution in [0.5, 0.6) is 0 Å². The maximum absolute atomic E-state index is 12.7. The van der Waals surface area contributed by atoms with Crippen LogP contribution < -0.4 is 0 Å². The first-order chi connectivity index (χ1) is 12.8. The van der Waals surface area contributed by atoms with Gasteiger partial charge in [0.1, 0.15) is 0 Å². The van der Waals surface area contributed by atoms with E-state index in [0.717, 1.165) is 3.97 Å². The molecule has 0 fully saturated rings. The molecule has 0 N–H and O–H groups in total. The van der Waals surface area contributed by atoms with Crippen molar-refractivity contribution in [2.45, 2.75) is 11.1 Å². The molecule has 0 aliphatic heterocycles. The molecule has 0 aliphatic rings. The highest BCUT2D eigenvalue weighted by Crippen LogP contribution is 2.30. The van der Waals surface area contributed by atoms with Gasteiger partial charge in [-0.15, -0.1) is 0 Å². The molecule has 4 rings (SSSR count). The quantitative estimate of drug-likeness (QED) is 0.529. The van der Waals surface area contributed by atoms with E-state index < -0.39 is 22.1 Å². The summed E-state index contributed by atoms with van der Waals surface area (Å²) in [7, 11) is -3.86. The Bertz CT molecular complexity index is 1230. The zero-order valence-corrected chi connectivity index (χ0v) is 14.1. The van der Waals surface area contributed by atoms with Gasteiger partial charge in [-0.2, -0.15) is 18.2 Å². The van der Waals surface area contributed by atoms with Gasteiger partial charge in [-0.3, -0.25) is 0 Å². The van der Waals surface area contributed by atoms with Gasteiger partial charge in [-0.25, -0.2) is 17.4 Å². The van der Waals surface area contributed by atoms with Crippen molar-refractivity contribution in [3.8, 4) is 11.4 Å². The molecule has 3 aromatic heterocycles. The summed E-state index contributed by atoms with van der Waals surface area (Å²) < 4.78 is 68.4. The molecule has 11 heteroatoms. The van der Waals surface area contributed by atoms with Crippen molar-refractivity contribution in [3.05, 3.63) is 60.7 Å². The van der Waals surface area contributed by atoms with E-state index in [4.69, 9.17) is 0 Å². The lowest BCUT2D eigenvalue weighted by atomic mass is 10.2. The monoisotopic (exact) mass is 394 g/mol. The van der Waals surface area contributed by atoms with Crippen molar-refractivity contribution in [3.63, 3.8) is 0 Å². The number of fused-ring (bicyclic) bond motifs is 1. The summed E-state index contributed by atoms with van der Waals surface area (Å²) in [5, 5.41) is 3.69. The molecule has 0 saturated carbocycles. The molecular weight excluding hydrogens is 385 g/mol. The van der Waals surface area contributed by atoms with Gasteiger partial charge in [0, 0.05) is 23.3 Å². The highest BCUT2D eigenvalue weighted by molar-refractivity contribution is 7.90. The van der Waals surface area contributed by atoms with Crippen LogP contribution in [0.2, 0.25) is 0 Å². The molecule has 0 aliphatic carbocycles. The fourth-order valence-electron chi connectivity index (χ4n) is 2.48. The molecule has 0 spiro atoms. The van der Waals surface area contributed by atoms with E-state index >= 15 is 0 Å². The standard InChI is InChI=1S/C16H9F3N4O3S/c17-16(18,19)15-21-13(22-26-15)11-8-10-6-7-23(14(10)20-9-11)27(24,25)12-4-2-1-3-5-12/h1-9H. The molecule has 138 valence electrons. The van der Waals surface area contributed by atoms with E-state index in [1.54, 1.807) is 18.2 Å². The van der Waals surface area contributed by atoms with E-state index in [0.29, 0.717) is 5.39 Å². The van der Waals surface area contributed by atoms with Crippen LogP contribution in [0, 0.1) is 0 Å². The number of benzene rings is 1. The molecule has 4 aromatic rings. The first-order valence-electron chi connectivity index (χ1n) is 7.46. The summed E-state index contributed by atoms with van der Waals surface area (Å²) in [5.41, 5.74) is 0.291. The Kier molecular flexibility index (Phi) is 3.77. The van der Waals surface area contributed by atoms with Crippen molar-refractivity contribution in [1.29, 1.82) is 0 Å². The molecular formula is C16H9F3N4O3S. The van der Waals surface area contributed by atoms with Gasteiger partial charge in [0.25, 0.3) is 10.0 Å². The average Bonchev–Trinajstić information content (AvgIpc) is 3.29. The number of aromatic nitrogens is 4. The second-order valence-corrected chi connectivity index (χ2v) is 7.30. The van der Waals surface area contributed by atoms with Gasteiger partial charge in [0.05, 0.1) is 4.90 Å². The molecule has 0 saturated heterocycles. The summed E-state index contributed by atoms with van der Waals surface area (Å²) in [6, 6.07) is 10.7. The molecule has 0 radical (unpaired) electrons. The van der Waals surface area contributed by atoms with Crippen LogP contribution >= 0.6 is 0 Å². The van der Waals surface area contributed by atoms with E-state index in [2.05, 4.69) is 19.6 Å². The lowest BCUT2D eigenvalue weighted by molar-refractivity contribution is -0.159. The van der Waals surface area contributed by atoms with Gasteiger partial charge in [-0.05, 0) is 24.3 Å². The Morgan fingerprint density at radius 2 is 1.81 bits per heavy atom. The fraction of sp³-hybridized carbons (Fsp3) is 0.0625. The van der Waals surface area contributed by atoms with Gasteiger partial charge >= 0.3 is 12.1 Å². The SMILES string of the molecule is O=S(=O)(c1ccccc1)n1ccc2cc(-c3noc(C(F)(F)F)n3)cnc21. The van der Waals surface area contributed by atoms with E-state index in [1.165, 1.54) is 36.7 Å². The van der Waals surface area contributed by atoms with E-state index in [1.807, 2.05) is 0 Å². The Morgan fingerprint density at radius 1 is 1.07 bits per heavy atom. The van der Waals surface area contributed by atoms with E-state index in [9.17, 15) is 21.6 Å². The highest BCUT2D eigenvalue weighted by Gasteiger charge is 2.38. The second kappa shape index (κ2) is 5.91. The smallest absolute Gasteiger partial charge is 0.329 e. The minimum absolute atomic E-state index is 0.0846. The maximum atomic E-state index is 12.7. The lowest BCUT2D eigenvalue weighted by Gasteiger charge is -2.06. The summed E-state index contributed by atoms with van der Waals surface area (Å²) in [6.45, 7) is 0. The van der Waals surface area contributed by atoms with Crippen molar-refractivity contribution in [1.82, 2.24) is 19.1 Å². The Labute approximate surface area is 150 Å². The summed E-state index contributed by atoms with van der Waals surface area (Å²) in [4.78, 5) is 7.44. The van der Waals surface area contributed by atoms with Crippen LogP contribution in [0.1, 0.15) is 5.89 Å². The minimum Gasteiger partial charge on any atom is -0.329 e. The van der Waals surface area contributed by atoms with Crippen LogP contribution in [0.25, 0.3) is 22.4 Å². The second-order valence-electron chi connectivity index (χ2n) is 5.49. The van der Waals surface area contributed by atoms with Crippen molar-refractivity contribution in [2.75, 3.05) is 0 Å². The van der Waals surface area contributed by atoms with Gasteiger partial charge in [0.15, 0.2) is 5.65 Å². The third-order valence-corrected chi connectivity index (χ3v) is 5.40. The first kappa shape index (κ1) is 17.2. The number of pyridine rings is 1. The largest absolute Gasteiger partial charge is 0.471 e. The number of hydrogen-bond donors (Lipinski definition) is 0. The molecule has 3 heterocycles. The minimum atomic E-state index is -4.75. The average molecular weight is 394 g/mol. The normalized spacial score (nSPS) is 12.6. The van der Waals surface area contributed by atoms with Crippen molar-refractivity contribution in [2.24, 2.45) is 0 Å². The zero-order valence-electron chi connectivity index (χ0n) is 13.3. The number of alkyl halides is 3. The topological polar surface area (TPSA) is 90.9 Å². The predicted molar refractivity (Wildman–Crippen MR) is 87.1 cm³/mol. The van der Waals surface area contributed by atoms with Gasteiger partial charge < -0.3 is 4.52 Å². The highest BCUT2D eigenvalue weighted by atomic mass is 32.2. The molecule has 0 atom stereocenters. The third-order valence-electron chi connectivity index (χ3n) is 3.72. The van der Waals surface area contributed by atoms with Crippen LogP contribution in [-0.2, 0) is 16.2 Å². The Hall–Kier alpha value is -3.21. The molecule has 0 amide bonds. The third kappa shape index (κ3) is 2.95. The van der Waals surface area contributed by atoms with Crippen molar-refractivity contribution >= 4 is 21.1 Å². The number of hydrogen-bond acceptors (Lipinski definition) is 6. The molecule has 27 heavy (non-hydrogen) atoms. The molecule has 0 bridgehead atoms. The lowest BCUT2D eigenvalue weighted by Crippen LogP contribution is -2.12. The number of rotatable bonds is 3. The number of nitrogens with zero attached hydrogens (tertiary/aromatic N) is 4. The van der Waals surface area contributed by atoms with Crippen molar-refractivity contribution < 1.29 is 26.1 Å². The summed E-state index contributed by atoms with van der Waals surface area (Å²) in [6.07, 6.45) is -2.25. The predicted octanol–water partition coefficient (Wildman–Crippen LogP) is 3.34.